The molecule has 0 spiro atoms. The maximum Gasteiger partial charge on any atom is 0.413 e. The molecule has 1 heterocycles. The van der Waals surface area contributed by atoms with Crippen molar-refractivity contribution in [1.29, 1.82) is 0 Å². The van der Waals surface area contributed by atoms with E-state index in [9.17, 15) is 4.79 Å². The lowest BCUT2D eigenvalue weighted by Crippen LogP contribution is -2.65. The van der Waals surface area contributed by atoms with Crippen LogP contribution in [0.3, 0.4) is 0 Å². The van der Waals surface area contributed by atoms with Gasteiger partial charge in [0.15, 0.2) is 0 Å². The van der Waals surface area contributed by atoms with Gasteiger partial charge in [0.1, 0.15) is 11.3 Å². The summed E-state index contributed by atoms with van der Waals surface area (Å²) in [5.41, 5.74) is -1.31. The standard InChI is InChI=1S/C21H33ClN2O3/c1-18(2,3)21(13-23-16-11-9-10-15(22)12-16)14-26-20(7,8)24(21)17(25)27-19(4,5)6/h9-12,23H,13-14H2,1-8H3. The molecule has 0 saturated carbocycles. The third-order valence-corrected chi connectivity index (χ3v) is 5.25. The molecule has 1 fully saturated rings. The molecule has 2 rings (SSSR count). The van der Waals surface area contributed by atoms with Crippen molar-refractivity contribution in [2.75, 3.05) is 18.5 Å². The summed E-state index contributed by atoms with van der Waals surface area (Å²) in [6.07, 6.45) is -0.368. The molecule has 1 aliphatic heterocycles. The van der Waals surface area contributed by atoms with E-state index in [-0.39, 0.29) is 11.5 Å². The minimum atomic E-state index is -0.772. The van der Waals surface area contributed by atoms with E-state index in [1.807, 2.05) is 58.9 Å². The Bertz CT molecular complexity index is 691. The lowest BCUT2D eigenvalue weighted by Gasteiger charge is -2.49. The number of nitrogens with zero attached hydrogens (tertiary/aromatic N) is 1. The van der Waals surface area contributed by atoms with Crippen LogP contribution in [0.15, 0.2) is 24.3 Å². The highest BCUT2D eigenvalue weighted by atomic mass is 35.5. The zero-order valence-electron chi connectivity index (χ0n) is 17.8. The minimum Gasteiger partial charge on any atom is -0.444 e. The van der Waals surface area contributed by atoms with Crippen LogP contribution in [-0.2, 0) is 9.47 Å². The lowest BCUT2D eigenvalue weighted by atomic mass is 9.72. The van der Waals surface area contributed by atoms with Gasteiger partial charge in [-0.15, -0.1) is 0 Å². The highest BCUT2D eigenvalue weighted by molar-refractivity contribution is 6.30. The summed E-state index contributed by atoms with van der Waals surface area (Å²) < 4.78 is 11.8. The largest absolute Gasteiger partial charge is 0.444 e. The minimum absolute atomic E-state index is 0.261. The van der Waals surface area contributed by atoms with Crippen molar-refractivity contribution in [1.82, 2.24) is 4.90 Å². The topological polar surface area (TPSA) is 50.8 Å². The highest BCUT2D eigenvalue weighted by Gasteiger charge is 2.60. The van der Waals surface area contributed by atoms with E-state index in [1.165, 1.54) is 0 Å². The second-order valence-corrected chi connectivity index (χ2v) is 10.1. The number of carbonyl (C=O) groups is 1. The molecule has 152 valence electrons. The van der Waals surface area contributed by atoms with E-state index in [0.29, 0.717) is 18.2 Å². The van der Waals surface area contributed by atoms with Crippen LogP contribution < -0.4 is 5.32 Å². The van der Waals surface area contributed by atoms with Gasteiger partial charge in [0, 0.05) is 17.3 Å². The first kappa shape index (κ1) is 21.8. The molecule has 0 bridgehead atoms. The number of hydrogen-bond acceptors (Lipinski definition) is 4. The molecular formula is C21H33ClN2O3. The van der Waals surface area contributed by atoms with Crippen molar-refractivity contribution in [2.45, 2.75) is 72.3 Å². The average molecular weight is 397 g/mol. The van der Waals surface area contributed by atoms with Crippen molar-refractivity contribution in [3.63, 3.8) is 0 Å². The molecule has 1 unspecified atom stereocenters. The first-order chi connectivity index (χ1) is 12.2. The Labute approximate surface area is 168 Å². The van der Waals surface area contributed by atoms with Crippen molar-refractivity contribution in [3.05, 3.63) is 29.3 Å². The van der Waals surface area contributed by atoms with Gasteiger partial charge in [0.25, 0.3) is 0 Å². The van der Waals surface area contributed by atoms with Crippen molar-refractivity contribution < 1.29 is 14.3 Å². The predicted molar refractivity (Wildman–Crippen MR) is 110 cm³/mol. The van der Waals surface area contributed by atoms with E-state index in [2.05, 4.69) is 26.1 Å². The molecular weight excluding hydrogens is 364 g/mol. The molecule has 1 aromatic rings. The number of hydrogen-bond donors (Lipinski definition) is 1. The van der Waals surface area contributed by atoms with E-state index in [0.717, 1.165) is 5.69 Å². The van der Waals surface area contributed by atoms with Gasteiger partial charge < -0.3 is 14.8 Å². The molecule has 0 aromatic heterocycles. The van der Waals surface area contributed by atoms with E-state index >= 15 is 0 Å². The molecule has 1 amide bonds. The van der Waals surface area contributed by atoms with Gasteiger partial charge in [-0.3, -0.25) is 4.90 Å². The monoisotopic (exact) mass is 396 g/mol. The molecule has 0 radical (unpaired) electrons. The number of anilines is 1. The summed E-state index contributed by atoms with van der Waals surface area (Å²) in [7, 11) is 0. The molecule has 0 aliphatic carbocycles. The summed E-state index contributed by atoms with van der Waals surface area (Å²) >= 11 is 6.11. The van der Waals surface area contributed by atoms with Crippen LogP contribution in [0.25, 0.3) is 0 Å². The number of ether oxygens (including phenoxy) is 2. The zero-order valence-corrected chi connectivity index (χ0v) is 18.5. The Morgan fingerprint density at radius 1 is 1.26 bits per heavy atom. The van der Waals surface area contributed by atoms with Crippen LogP contribution in [0.2, 0.25) is 5.02 Å². The Morgan fingerprint density at radius 2 is 1.89 bits per heavy atom. The third kappa shape index (κ3) is 4.69. The van der Waals surface area contributed by atoms with Crippen LogP contribution in [0, 0.1) is 5.41 Å². The third-order valence-electron chi connectivity index (χ3n) is 5.01. The Balaban J connectivity index is 2.40. The summed E-state index contributed by atoms with van der Waals surface area (Å²) in [6.45, 7) is 16.7. The predicted octanol–water partition coefficient (Wildman–Crippen LogP) is 5.54. The molecule has 1 aliphatic rings. The summed E-state index contributed by atoms with van der Waals surface area (Å²) in [5, 5.41) is 4.11. The smallest absolute Gasteiger partial charge is 0.413 e. The van der Waals surface area contributed by atoms with Crippen LogP contribution in [0.4, 0.5) is 10.5 Å². The van der Waals surface area contributed by atoms with Crippen molar-refractivity contribution >= 4 is 23.4 Å². The first-order valence-corrected chi connectivity index (χ1v) is 9.72. The average Bonchev–Trinajstić information content (AvgIpc) is 2.75. The fourth-order valence-corrected chi connectivity index (χ4v) is 3.63. The van der Waals surface area contributed by atoms with Gasteiger partial charge in [-0.2, -0.15) is 0 Å². The number of carbonyl (C=O) groups excluding carboxylic acids is 1. The maximum absolute atomic E-state index is 13.2. The van der Waals surface area contributed by atoms with Gasteiger partial charge in [0.2, 0.25) is 0 Å². The van der Waals surface area contributed by atoms with E-state index in [1.54, 1.807) is 4.90 Å². The van der Waals surface area contributed by atoms with Gasteiger partial charge in [-0.1, -0.05) is 38.4 Å². The number of amides is 1. The maximum atomic E-state index is 13.2. The van der Waals surface area contributed by atoms with Crippen LogP contribution >= 0.6 is 11.6 Å². The number of halogens is 1. The van der Waals surface area contributed by atoms with Crippen LogP contribution in [0.1, 0.15) is 55.4 Å². The van der Waals surface area contributed by atoms with Crippen molar-refractivity contribution in [2.24, 2.45) is 5.41 Å². The summed E-state index contributed by atoms with van der Waals surface area (Å²) in [5.74, 6) is 0. The number of benzene rings is 1. The molecule has 5 nitrogen and oxygen atoms in total. The summed E-state index contributed by atoms with van der Waals surface area (Å²) in [4.78, 5) is 14.9. The number of rotatable bonds is 3. The quantitative estimate of drug-likeness (QED) is 0.728. The van der Waals surface area contributed by atoms with Crippen LogP contribution in [-0.4, -0.2) is 41.0 Å². The van der Waals surface area contributed by atoms with Crippen LogP contribution in [0.5, 0.6) is 0 Å². The lowest BCUT2D eigenvalue weighted by molar-refractivity contribution is -0.0779. The first-order valence-electron chi connectivity index (χ1n) is 9.35. The molecule has 1 saturated heterocycles. The zero-order chi connectivity index (χ0) is 20.7. The van der Waals surface area contributed by atoms with E-state index < -0.39 is 16.9 Å². The SMILES string of the molecule is CC(C)(C)OC(=O)N1C(C)(C)OCC1(CNc1cccc(Cl)c1)C(C)(C)C. The van der Waals surface area contributed by atoms with Gasteiger partial charge in [0.05, 0.1) is 12.1 Å². The Morgan fingerprint density at radius 3 is 2.41 bits per heavy atom. The molecule has 1 aromatic carbocycles. The molecule has 6 heteroatoms. The van der Waals surface area contributed by atoms with E-state index in [4.69, 9.17) is 21.1 Å². The van der Waals surface area contributed by atoms with Gasteiger partial charge >= 0.3 is 6.09 Å². The molecule has 1 N–H and O–H groups in total. The molecule has 27 heavy (non-hydrogen) atoms. The normalized spacial score (nSPS) is 22.6. The van der Waals surface area contributed by atoms with Gasteiger partial charge in [-0.25, -0.2) is 4.79 Å². The Kier molecular flexibility index (Phi) is 5.80. The highest BCUT2D eigenvalue weighted by Crippen LogP contribution is 2.46. The molecule has 1 atom stereocenters. The Hall–Kier alpha value is -1.46. The van der Waals surface area contributed by atoms with Gasteiger partial charge in [-0.05, 0) is 58.2 Å². The second-order valence-electron chi connectivity index (χ2n) is 9.70. The fourth-order valence-electron chi connectivity index (χ4n) is 3.44. The fraction of sp³-hybridized carbons (Fsp3) is 0.667. The number of nitrogens with one attached hydrogen (secondary N) is 1. The summed E-state index contributed by atoms with van der Waals surface area (Å²) in [6, 6.07) is 7.56. The van der Waals surface area contributed by atoms with Crippen molar-refractivity contribution in [3.8, 4) is 0 Å². The second kappa shape index (κ2) is 7.17.